The second-order valence-electron chi connectivity index (χ2n) is 8.32. The maximum atomic E-state index is 13.4. The van der Waals surface area contributed by atoms with Gasteiger partial charge in [0.25, 0.3) is 5.92 Å². The molecule has 0 bridgehead atoms. The molecule has 0 aliphatic carbocycles. The highest BCUT2D eigenvalue weighted by Gasteiger charge is 2.45. The zero-order valence-corrected chi connectivity index (χ0v) is 17.9. The van der Waals surface area contributed by atoms with E-state index in [0.29, 0.717) is 31.6 Å². The van der Waals surface area contributed by atoms with E-state index in [-0.39, 0.29) is 29.4 Å². The number of anilines is 3. The Kier molecular flexibility index (Phi) is 6.10. The maximum absolute atomic E-state index is 13.4. The summed E-state index contributed by atoms with van der Waals surface area (Å²) in [5.41, 5.74) is -0.339. The van der Waals surface area contributed by atoms with Crippen LogP contribution in [0.15, 0.2) is 24.4 Å². The molecule has 2 aromatic heterocycles. The average Bonchev–Trinajstić information content (AvgIpc) is 3.22. The fourth-order valence-corrected chi connectivity index (χ4v) is 3.93. The van der Waals surface area contributed by atoms with E-state index in [1.54, 1.807) is 11.0 Å². The normalized spacial score (nSPS) is 20.0. The second-order valence-corrected chi connectivity index (χ2v) is 8.32. The van der Waals surface area contributed by atoms with Gasteiger partial charge in [-0.25, -0.2) is 18.7 Å². The Morgan fingerprint density at radius 1 is 1.21 bits per heavy atom. The van der Waals surface area contributed by atoms with Gasteiger partial charge in [0.15, 0.2) is 0 Å². The predicted molar refractivity (Wildman–Crippen MR) is 111 cm³/mol. The van der Waals surface area contributed by atoms with Crippen molar-refractivity contribution >= 4 is 23.5 Å². The van der Waals surface area contributed by atoms with Gasteiger partial charge >= 0.3 is 6.18 Å². The first-order valence-electron chi connectivity index (χ1n) is 10.6. The van der Waals surface area contributed by atoms with E-state index in [2.05, 4.69) is 20.3 Å². The summed E-state index contributed by atoms with van der Waals surface area (Å²) in [6.07, 6.45) is -1.69. The lowest BCUT2D eigenvalue weighted by Crippen LogP contribution is -2.57. The molecular weight excluding hydrogens is 447 g/mol. The molecule has 0 saturated carbocycles. The van der Waals surface area contributed by atoms with Gasteiger partial charge in [0, 0.05) is 37.7 Å². The number of hydrogen-bond donors (Lipinski definition) is 1. The molecule has 7 nitrogen and oxygen atoms in total. The van der Waals surface area contributed by atoms with Crippen LogP contribution in [0.3, 0.4) is 0 Å². The third-order valence-corrected chi connectivity index (χ3v) is 5.63. The van der Waals surface area contributed by atoms with Gasteiger partial charge in [-0.05, 0) is 25.0 Å². The van der Waals surface area contributed by atoms with Crippen molar-refractivity contribution < 1.29 is 26.7 Å². The first kappa shape index (κ1) is 23.1. The van der Waals surface area contributed by atoms with Gasteiger partial charge in [0.2, 0.25) is 11.9 Å². The summed E-state index contributed by atoms with van der Waals surface area (Å²) in [5, 5.41) is 2.74. The standard InChI is InChI=1S/C21H23F5N6O/c1-2-3-18(33)31-7-5-13(10-31)15-9-17(30-19(28-15)32-11-20(22,23)12-32)29-16-8-14(4-6-27-16)21(24,25)26/h4,6,8-9,13H,2-3,5,7,10-12H2,1H3,(H,27,28,29,30). The lowest BCUT2D eigenvalue weighted by Gasteiger charge is -2.38. The van der Waals surface area contributed by atoms with E-state index in [9.17, 15) is 26.7 Å². The largest absolute Gasteiger partial charge is 0.416 e. The van der Waals surface area contributed by atoms with Gasteiger partial charge in [-0.15, -0.1) is 0 Å². The highest BCUT2D eigenvalue weighted by atomic mass is 19.4. The number of alkyl halides is 5. The smallest absolute Gasteiger partial charge is 0.342 e. The van der Waals surface area contributed by atoms with Crippen LogP contribution >= 0.6 is 0 Å². The molecule has 0 aromatic carbocycles. The van der Waals surface area contributed by atoms with Crippen LogP contribution in [0.5, 0.6) is 0 Å². The van der Waals surface area contributed by atoms with Gasteiger partial charge in [-0.1, -0.05) is 6.92 Å². The average molecular weight is 470 g/mol. The number of rotatable bonds is 6. The minimum atomic E-state index is -4.54. The zero-order chi connectivity index (χ0) is 23.8. The van der Waals surface area contributed by atoms with Crippen LogP contribution in [-0.4, -0.2) is 57.9 Å². The molecule has 1 N–H and O–H groups in total. The molecule has 12 heteroatoms. The first-order chi connectivity index (χ1) is 15.5. The molecule has 2 aliphatic heterocycles. The highest BCUT2D eigenvalue weighted by molar-refractivity contribution is 5.76. The van der Waals surface area contributed by atoms with Gasteiger partial charge in [-0.2, -0.15) is 18.2 Å². The predicted octanol–water partition coefficient (Wildman–Crippen LogP) is 4.21. The number of carbonyl (C=O) groups excluding carboxylic acids is 1. The molecule has 2 saturated heterocycles. The number of aromatic nitrogens is 3. The summed E-state index contributed by atoms with van der Waals surface area (Å²) >= 11 is 0. The summed E-state index contributed by atoms with van der Waals surface area (Å²) in [4.78, 5) is 27.9. The van der Waals surface area contributed by atoms with Crippen LogP contribution in [-0.2, 0) is 11.0 Å². The van der Waals surface area contributed by atoms with Gasteiger partial charge < -0.3 is 15.1 Å². The summed E-state index contributed by atoms with van der Waals surface area (Å²) in [5.74, 6) is -2.80. The van der Waals surface area contributed by atoms with E-state index < -0.39 is 30.8 Å². The molecular formula is C21H23F5N6O. The van der Waals surface area contributed by atoms with Crippen molar-refractivity contribution in [2.24, 2.45) is 0 Å². The molecule has 178 valence electrons. The molecule has 4 rings (SSSR count). The molecule has 1 atom stereocenters. The number of halogens is 5. The number of carbonyl (C=O) groups is 1. The molecule has 33 heavy (non-hydrogen) atoms. The number of amides is 1. The lowest BCUT2D eigenvalue weighted by atomic mass is 10.0. The summed E-state index contributed by atoms with van der Waals surface area (Å²) < 4.78 is 65.9. The van der Waals surface area contributed by atoms with Crippen molar-refractivity contribution in [3.8, 4) is 0 Å². The van der Waals surface area contributed by atoms with Gasteiger partial charge in [0.05, 0.1) is 24.3 Å². The molecule has 1 unspecified atom stereocenters. The Bertz CT molecular complexity index is 1020. The molecule has 0 radical (unpaired) electrons. The number of pyridine rings is 1. The number of hydrogen-bond acceptors (Lipinski definition) is 6. The second kappa shape index (κ2) is 8.71. The van der Waals surface area contributed by atoms with Crippen molar-refractivity contribution in [3.63, 3.8) is 0 Å². The fourth-order valence-electron chi connectivity index (χ4n) is 3.93. The van der Waals surface area contributed by atoms with Crippen molar-refractivity contribution in [3.05, 3.63) is 35.7 Å². The number of nitrogens with zero attached hydrogens (tertiary/aromatic N) is 5. The fraction of sp³-hybridized carbons (Fsp3) is 0.524. The van der Waals surface area contributed by atoms with Crippen molar-refractivity contribution in [2.75, 3.05) is 36.4 Å². The Morgan fingerprint density at radius 3 is 2.64 bits per heavy atom. The molecule has 0 spiro atoms. The SMILES string of the molecule is CCCC(=O)N1CCC(c2cc(Nc3cc(C(F)(F)F)ccn3)nc(N3CC(F)(F)C3)n2)C1. The van der Waals surface area contributed by atoms with Crippen LogP contribution in [0.25, 0.3) is 0 Å². The molecule has 2 aliphatic rings. The summed E-state index contributed by atoms with van der Waals surface area (Å²) in [7, 11) is 0. The van der Waals surface area contributed by atoms with Crippen molar-refractivity contribution in [1.29, 1.82) is 0 Å². The van der Waals surface area contributed by atoms with E-state index in [1.165, 1.54) is 4.90 Å². The van der Waals surface area contributed by atoms with Crippen molar-refractivity contribution in [1.82, 2.24) is 19.9 Å². The van der Waals surface area contributed by atoms with E-state index >= 15 is 0 Å². The quantitative estimate of drug-likeness (QED) is 0.638. The monoisotopic (exact) mass is 470 g/mol. The minimum absolute atomic E-state index is 0.0446. The Hall–Kier alpha value is -3.05. The minimum Gasteiger partial charge on any atom is -0.342 e. The van der Waals surface area contributed by atoms with Crippen LogP contribution < -0.4 is 10.2 Å². The number of likely N-dealkylation sites (tertiary alicyclic amines) is 1. The molecule has 2 fully saturated rings. The maximum Gasteiger partial charge on any atom is 0.416 e. The van der Waals surface area contributed by atoms with Gasteiger partial charge in [-0.3, -0.25) is 4.79 Å². The van der Waals surface area contributed by atoms with Crippen LogP contribution in [0.1, 0.15) is 43.4 Å². The van der Waals surface area contributed by atoms with Crippen molar-refractivity contribution in [2.45, 2.75) is 44.2 Å². The molecule has 2 aromatic rings. The first-order valence-corrected chi connectivity index (χ1v) is 10.6. The zero-order valence-electron chi connectivity index (χ0n) is 17.9. The Morgan fingerprint density at radius 2 is 1.97 bits per heavy atom. The van der Waals surface area contributed by atoms with Crippen LogP contribution in [0.2, 0.25) is 0 Å². The third kappa shape index (κ3) is 5.31. The van der Waals surface area contributed by atoms with E-state index in [0.717, 1.165) is 24.8 Å². The Labute approximate surface area is 187 Å². The molecule has 4 heterocycles. The summed E-state index contributed by atoms with van der Waals surface area (Å²) in [6.45, 7) is 1.84. The number of nitrogens with one attached hydrogen (secondary N) is 1. The Balaban J connectivity index is 1.60. The topological polar surface area (TPSA) is 74.2 Å². The highest BCUT2D eigenvalue weighted by Crippen LogP contribution is 2.34. The van der Waals surface area contributed by atoms with Crippen LogP contribution in [0, 0.1) is 0 Å². The van der Waals surface area contributed by atoms with E-state index in [1.807, 2.05) is 6.92 Å². The van der Waals surface area contributed by atoms with Crippen LogP contribution in [0.4, 0.5) is 39.5 Å². The van der Waals surface area contributed by atoms with E-state index in [4.69, 9.17) is 0 Å². The summed E-state index contributed by atoms with van der Waals surface area (Å²) in [6, 6.07) is 3.27. The molecule has 1 amide bonds. The van der Waals surface area contributed by atoms with Gasteiger partial charge in [0.1, 0.15) is 11.6 Å². The lowest BCUT2D eigenvalue weighted by molar-refractivity contribution is -0.137. The third-order valence-electron chi connectivity index (χ3n) is 5.63.